The minimum atomic E-state index is -0.343. The van der Waals surface area contributed by atoms with Gasteiger partial charge in [0.15, 0.2) is 5.82 Å². The van der Waals surface area contributed by atoms with Crippen LogP contribution in [0.3, 0.4) is 0 Å². The number of aryl methyl sites for hydroxylation is 1. The topological polar surface area (TPSA) is 81.4 Å². The lowest BCUT2D eigenvalue weighted by atomic mass is 10.0. The van der Waals surface area contributed by atoms with Crippen molar-refractivity contribution in [3.05, 3.63) is 77.4 Å². The number of nitrogens with one attached hydrogen (secondary N) is 1. The van der Waals surface area contributed by atoms with E-state index in [2.05, 4.69) is 15.0 Å². The summed E-state index contributed by atoms with van der Waals surface area (Å²) in [5, 5.41) is 0. The van der Waals surface area contributed by atoms with E-state index in [1.54, 1.807) is 40.8 Å². The van der Waals surface area contributed by atoms with Gasteiger partial charge in [0.2, 0.25) is 0 Å². The molecule has 0 spiro atoms. The number of imidazole rings is 2. The normalized spacial score (nSPS) is 11.5. The summed E-state index contributed by atoms with van der Waals surface area (Å²) in [6, 6.07) is 12.2. The summed E-state index contributed by atoms with van der Waals surface area (Å²) in [6.45, 7) is 3.97. The number of benzene rings is 2. The Morgan fingerprint density at radius 1 is 1.03 bits per heavy atom. The van der Waals surface area contributed by atoms with Gasteiger partial charge in [0.25, 0.3) is 0 Å². The number of hydrogen-bond donors (Lipinski definition) is 1. The molecule has 3 heterocycles. The molecule has 0 aliphatic rings. The number of halogens is 1. The fourth-order valence-corrected chi connectivity index (χ4v) is 3.99. The van der Waals surface area contributed by atoms with Crippen molar-refractivity contribution in [2.24, 2.45) is 7.05 Å². The molecular weight excluding hydrogens is 407 g/mol. The maximum atomic E-state index is 14.0. The lowest BCUT2D eigenvalue weighted by Crippen LogP contribution is -2.23. The van der Waals surface area contributed by atoms with Crippen LogP contribution in [0, 0.1) is 5.82 Å². The fraction of sp³-hybridized carbons (Fsp3) is 0.167. The smallest absolute Gasteiger partial charge is 0.329 e. The number of nitrogens with zero attached hydrogens (tertiary/aromatic N) is 5. The van der Waals surface area contributed by atoms with Crippen molar-refractivity contribution >= 4 is 11.0 Å². The molecule has 160 valence electrons. The van der Waals surface area contributed by atoms with Crippen molar-refractivity contribution in [3.63, 3.8) is 0 Å². The van der Waals surface area contributed by atoms with Crippen LogP contribution in [0.15, 0.2) is 65.8 Å². The van der Waals surface area contributed by atoms with Crippen LogP contribution < -0.4 is 5.69 Å². The highest BCUT2D eigenvalue weighted by Crippen LogP contribution is 2.34. The predicted octanol–water partition coefficient (Wildman–Crippen LogP) is 4.57. The van der Waals surface area contributed by atoms with Gasteiger partial charge in [-0.2, -0.15) is 0 Å². The molecule has 0 aliphatic carbocycles. The first-order valence-corrected chi connectivity index (χ1v) is 10.3. The van der Waals surface area contributed by atoms with E-state index >= 15 is 0 Å². The lowest BCUT2D eigenvalue weighted by Gasteiger charge is -2.08. The summed E-state index contributed by atoms with van der Waals surface area (Å²) >= 11 is 0. The molecule has 2 aromatic carbocycles. The van der Waals surface area contributed by atoms with Crippen LogP contribution in [-0.4, -0.2) is 29.1 Å². The molecule has 7 nitrogen and oxygen atoms in total. The molecule has 32 heavy (non-hydrogen) atoms. The monoisotopic (exact) mass is 428 g/mol. The fourth-order valence-electron chi connectivity index (χ4n) is 3.99. The highest BCUT2D eigenvalue weighted by molar-refractivity contribution is 5.87. The zero-order valence-corrected chi connectivity index (χ0v) is 17.9. The second kappa shape index (κ2) is 7.56. The largest absolute Gasteiger partial charge is 0.336 e. The lowest BCUT2D eigenvalue weighted by molar-refractivity contribution is 0.583. The Hall–Kier alpha value is -4.07. The number of H-pyrrole nitrogens is 1. The summed E-state index contributed by atoms with van der Waals surface area (Å²) in [4.78, 5) is 29.2. The van der Waals surface area contributed by atoms with Gasteiger partial charge in [-0.25, -0.2) is 19.2 Å². The van der Waals surface area contributed by atoms with Gasteiger partial charge in [-0.3, -0.25) is 14.1 Å². The Morgan fingerprint density at radius 2 is 1.88 bits per heavy atom. The van der Waals surface area contributed by atoms with E-state index < -0.39 is 0 Å². The second-order valence-corrected chi connectivity index (χ2v) is 7.92. The SMILES string of the molecule is CC(C)n1c(=O)n(C)c2cc(-c3[nH]c(-c4cnccn4)nc3-c3cccc(F)c3)ccc21. The zero-order chi connectivity index (χ0) is 22.4. The van der Waals surface area contributed by atoms with E-state index in [0.717, 1.165) is 16.6 Å². The maximum absolute atomic E-state index is 14.0. The average Bonchev–Trinajstić information content (AvgIpc) is 3.34. The van der Waals surface area contributed by atoms with E-state index in [1.807, 2.05) is 38.1 Å². The van der Waals surface area contributed by atoms with E-state index in [4.69, 9.17) is 4.98 Å². The van der Waals surface area contributed by atoms with Gasteiger partial charge in [0.1, 0.15) is 11.5 Å². The van der Waals surface area contributed by atoms with Crippen molar-refractivity contribution in [2.75, 3.05) is 0 Å². The quantitative estimate of drug-likeness (QED) is 0.455. The van der Waals surface area contributed by atoms with Gasteiger partial charge in [-0.15, -0.1) is 0 Å². The van der Waals surface area contributed by atoms with Gasteiger partial charge in [-0.1, -0.05) is 18.2 Å². The molecule has 0 radical (unpaired) electrons. The van der Waals surface area contributed by atoms with Crippen LogP contribution in [0.25, 0.3) is 45.1 Å². The van der Waals surface area contributed by atoms with Crippen LogP contribution in [0.4, 0.5) is 4.39 Å². The van der Waals surface area contributed by atoms with Crippen molar-refractivity contribution in [1.29, 1.82) is 0 Å². The Morgan fingerprint density at radius 3 is 2.59 bits per heavy atom. The zero-order valence-electron chi connectivity index (χ0n) is 17.9. The summed E-state index contributed by atoms with van der Waals surface area (Å²) in [6.07, 6.45) is 4.80. The van der Waals surface area contributed by atoms with Crippen LogP contribution in [0.1, 0.15) is 19.9 Å². The van der Waals surface area contributed by atoms with Crippen LogP contribution in [0.5, 0.6) is 0 Å². The van der Waals surface area contributed by atoms with Crippen LogP contribution >= 0.6 is 0 Å². The molecule has 0 fully saturated rings. The summed E-state index contributed by atoms with van der Waals surface area (Å²) < 4.78 is 17.4. The molecule has 0 amide bonds. The standard InChI is InChI=1S/C24H21FN6O/c1-14(2)31-19-8-7-16(12-20(19)30(3)24(31)32)22-21(15-5-4-6-17(25)11-15)28-23(29-22)18-13-26-9-10-27-18/h4-14H,1-3H3,(H,28,29). The van der Waals surface area contributed by atoms with Crippen molar-refractivity contribution in [1.82, 2.24) is 29.1 Å². The Bertz CT molecular complexity index is 1500. The predicted molar refractivity (Wildman–Crippen MR) is 122 cm³/mol. The van der Waals surface area contributed by atoms with Gasteiger partial charge < -0.3 is 4.98 Å². The first-order chi connectivity index (χ1) is 15.4. The van der Waals surface area contributed by atoms with Crippen molar-refractivity contribution < 1.29 is 4.39 Å². The Kier molecular flexibility index (Phi) is 4.70. The van der Waals surface area contributed by atoms with Crippen molar-refractivity contribution in [2.45, 2.75) is 19.9 Å². The van der Waals surface area contributed by atoms with E-state index in [1.165, 1.54) is 12.1 Å². The highest BCUT2D eigenvalue weighted by atomic mass is 19.1. The van der Waals surface area contributed by atoms with E-state index in [-0.39, 0.29) is 17.5 Å². The Balaban J connectivity index is 1.75. The van der Waals surface area contributed by atoms with Gasteiger partial charge in [0, 0.05) is 36.6 Å². The molecule has 0 saturated heterocycles. The van der Waals surface area contributed by atoms with Crippen LogP contribution in [-0.2, 0) is 7.05 Å². The number of fused-ring (bicyclic) bond motifs is 1. The molecule has 0 saturated carbocycles. The highest BCUT2D eigenvalue weighted by Gasteiger charge is 2.19. The minimum Gasteiger partial charge on any atom is -0.336 e. The van der Waals surface area contributed by atoms with Crippen molar-refractivity contribution in [3.8, 4) is 34.0 Å². The van der Waals surface area contributed by atoms with Crippen LogP contribution in [0.2, 0.25) is 0 Å². The third kappa shape index (κ3) is 3.20. The Labute approximate surface area is 183 Å². The molecule has 3 aromatic heterocycles. The first-order valence-electron chi connectivity index (χ1n) is 10.3. The van der Waals surface area contributed by atoms with E-state index in [0.29, 0.717) is 28.5 Å². The summed E-state index contributed by atoms with van der Waals surface area (Å²) in [7, 11) is 1.76. The molecular formula is C24H21FN6O. The number of aromatic amines is 1. The third-order valence-electron chi connectivity index (χ3n) is 5.50. The van der Waals surface area contributed by atoms with Gasteiger partial charge >= 0.3 is 5.69 Å². The molecule has 0 atom stereocenters. The first kappa shape index (κ1) is 19.9. The molecule has 5 aromatic rings. The summed E-state index contributed by atoms with van der Waals surface area (Å²) in [5.74, 6) is 0.186. The van der Waals surface area contributed by atoms with E-state index in [9.17, 15) is 9.18 Å². The molecule has 0 bridgehead atoms. The van der Waals surface area contributed by atoms with Gasteiger partial charge in [-0.05, 0) is 38.1 Å². The van der Waals surface area contributed by atoms with Gasteiger partial charge in [0.05, 0.1) is 28.6 Å². The second-order valence-electron chi connectivity index (χ2n) is 7.92. The number of rotatable bonds is 4. The summed E-state index contributed by atoms with van der Waals surface area (Å²) in [5.41, 5.74) is 4.95. The maximum Gasteiger partial charge on any atom is 0.329 e. The molecule has 1 N–H and O–H groups in total. The average molecular weight is 428 g/mol. The minimum absolute atomic E-state index is 0.0373. The molecule has 8 heteroatoms. The number of hydrogen-bond acceptors (Lipinski definition) is 4. The molecule has 0 aliphatic heterocycles. The molecule has 5 rings (SSSR count). The third-order valence-corrected chi connectivity index (χ3v) is 5.50. The molecule has 0 unspecified atom stereocenters. The number of aromatic nitrogens is 6.